The quantitative estimate of drug-likeness (QED) is 0.248. The minimum absolute atomic E-state index is 0.0782. The van der Waals surface area contributed by atoms with Gasteiger partial charge in [0.1, 0.15) is 11.4 Å². The Kier molecular flexibility index (Phi) is 11.9. The molecule has 45 heavy (non-hydrogen) atoms. The third kappa shape index (κ3) is 10.9. The second-order valence-corrected chi connectivity index (χ2v) is 11.8. The largest absolute Gasteiger partial charge is 0.444 e. The van der Waals surface area contributed by atoms with Crippen LogP contribution in [0.1, 0.15) is 48.7 Å². The lowest BCUT2D eigenvalue weighted by Crippen LogP contribution is -2.42. The van der Waals surface area contributed by atoms with Crippen LogP contribution in [0.5, 0.6) is 0 Å². The molecule has 0 spiro atoms. The Bertz CT molecular complexity index is 1440. The molecule has 1 aliphatic rings. The van der Waals surface area contributed by atoms with Crippen LogP contribution in [-0.2, 0) is 22.6 Å². The van der Waals surface area contributed by atoms with Crippen molar-refractivity contribution in [3.63, 3.8) is 0 Å². The van der Waals surface area contributed by atoms with Gasteiger partial charge in [-0.1, -0.05) is 42.5 Å². The number of benzene rings is 3. The Balaban J connectivity index is 1.38. The molecule has 4 amide bonds. The molecule has 0 bridgehead atoms. The van der Waals surface area contributed by atoms with Gasteiger partial charge in [-0.2, -0.15) is 0 Å². The number of ether oxygens (including phenoxy) is 2. The highest BCUT2D eigenvalue weighted by Crippen LogP contribution is 2.23. The number of amides is 4. The molecule has 10 nitrogen and oxygen atoms in total. The Hall–Kier alpha value is -4.48. The predicted molar refractivity (Wildman–Crippen MR) is 172 cm³/mol. The van der Waals surface area contributed by atoms with Gasteiger partial charge in [0, 0.05) is 50.4 Å². The molecule has 0 saturated carbocycles. The number of para-hydroxylation sites is 2. The molecule has 1 aliphatic heterocycles. The summed E-state index contributed by atoms with van der Waals surface area (Å²) in [7, 11) is 0. The topological polar surface area (TPSA) is 112 Å². The first-order chi connectivity index (χ1) is 21.6. The van der Waals surface area contributed by atoms with E-state index in [2.05, 4.69) is 20.9 Å². The number of nitrogens with one attached hydrogen (secondary N) is 3. The zero-order valence-electron chi connectivity index (χ0n) is 26.1. The maximum absolute atomic E-state index is 14.1. The zero-order valence-corrected chi connectivity index (χ0v) is 26.1. The summed E-state index contributed by atoms with van der Waals surface area (Å²) in [5.74, 6) is -0.723. The lowest BCUT2D eigenvalue weighted by Gasteiger charge is -2.28. The molecule has 11 heteroatoms. The van der Waals surface area contributed by atoms with Crippen LogP contribution in [0.4, 0.5) is 25.4 Å². The van der Waals surface area contributed by atoms with Crippen molar-refractivity contribution in [2.75, 3.05) is 50.0 Å². The fourth-order valence-electron chi connectivity index (χ4n) is 4.78. The maximum atomic E-state index is 14.1. The molecule has 0 unspecified atom stereocenters. The first kappa shape index (κ1) is 33.4. The van der Waals surface area contributed by atoms with Gasteiger partial charge in [-0.3, -0.25) is 15.0 Å². The Morgan fingerprint density at radius 1 is 0.911 bits per heavy atom. The van der Waals surface area contributed by atoms with Crippen molar-refractivity contribution < 1.29 is 28.2 Å². The van der Waals surface area contributed by atoms with Crippen molar-refractivity contribution in [2.24, 2.45) is 0 Å². The number of carbonyl (C=O) groups is 3. The van der Waals surface area contributed by atoms with E-state index < -0.39 is 11.7 Å². The zero-order chi connectivity index (χ0) is 32.2. The van der Waals surface area contributed by atoms with E-state index in [9.17, 15) is 18.8 Å². The number of hydrogen-bond donors (Lipinski definition) is 3. The molecule has 1 fully saturated rings. The molecule has 3 aromatic rings. The van der Waals surface area contributed by atoms with Crippen LogP contribution in [0, 0.1) is 5.82 Å². The maximum Gasteiger partial charge on any atom is 0.412 e. The standard InChI is InChI=1S/C34H42FN5O5/c1-34(2,3)45-33(43)38-30-12-7-6-11-29(30)37-31(41)26-15-13-25(14-16-26)24-40(18-8-17-39-19-21-44-22-20-39)32(42)36-23-27-9-4-5-10-28(27)35/h4-7,9-16H,8,17-24H2,1-3H3,(H,36,42)(H,37,41)(H,38,43). The molecule has 1 saturated heterocycles. The second kappa shape index (κ2) is 16.0. The van der Waals surface area contributed by atoms with Crippen LogP contribution in [0.25, 0.3) is 0 Å². The van der Waals surface area contributed by atoms with Crippen molar-refractivity contribution in [3.05, 3.63) is 95.3 Å². The summed E-state index contributed by atoms with van der Waals surface area (Å²) in [5.41, 5.74) is 1.83. The highest BCUT2D eigenvalue weighted by atomic mass is 19.1. The fraction of sp³-hybridized carbons (Fsp3) is 0.382. The number of urea groups is 1. The molecular formula is C34H42FN5O5. The van der Waals surface area contributed by atoms with Crippen LogP contribution in [0.15, 0.2) is 72.8 Å². The van der Waals surface area contributed by atoms with Crippen LogP contribution in [-0.4, -0.2) is 72.8 Å². The van der Waals surface area contributed by atoms with Crippen molar-refractivity contribution in [1.29, 1.82) is 0 Å². The Morgan fingerprint density at radius 3 is 2.22 bits per heavy atom. The Morgan fingerprint density at radius 2 is 1.56 bits per heavy atom. The third-order valence-electron chi connectivity index (χ3n) is 7.08. The SMILES string of the molecule is CC(C)(C)OC(=O)Nc1ccccc1NC(=O)c1ccc(CN(CCCN2CCOCC2)C(=O)NCc2ccccc2F)cc1. The lowest BCUT2D eigenvalue weighted by molar-refractivity contribution is 0.0364. The third-order valence-corrected chi connectivity index (χ3v) is 7.08. The van der Waals surface area contributed by atoms with E-state index >= 15 is 0 Å². The number of nitrogens with zero attached hydrogens (tertiary/aromatic N) is 2. The molecule has 4 rings (SSSR count). The Labute approximate surface area is 263 Å². The van der Waals surface area contributed by atoms with Crippen LogP contribution < -0.4 is 16.0 Å². The highest BCUT2D eigenvalue weighted by Gasteiger charge is 2.19. The van der Waals surface area contributed by atoms with Crippen LogP contribution in [0.2, 0.25) is 0 Å². The van der Waals surface area contributed by atoms with Gasteiger partial charge in [-0.25, -0.2) is 14.0 Å². The van der Waals surface area contributed by atoms with Gasteiger partial charge in [0.15, 0.2) is 0 Å². The summed E-state index contributed by atoms with van der Waals surface area (Å²) >= 11 is 0. The van der Waals surface area contributed by atoms with Crippen LogP contribution in [0.3, 0.4) is 0 Å². The molecule has 0 aliphatic carbocycles. The number of morpholine rings is 1. The minimum atomic E-state index is -0.664. The molecule has 0 aromatic heterocycles. The van der Waals surface area contributed by atoms with Gasteiger partial charge in [0.2, 0.25) is 0 Å². The van der Waals surface area contributed by atoms with Crippen molar-refractivity contribution in [3.8, 4) is 0 Å². The average Bonchev–Trinajstić information content (AvgIpc) is 3.01. The second-order valence-electron chi connectivity index (χ2n) is 11.8. The lowest BCUT2D eigenvalue weighted by atomic mass is 10.1. The number of rotatable bonds is 11. The summed E-state index contributed by atoms with van der Waals surface area (Å²) in [4.78, 5) is 42.6. The van der Waals surface area contributed by atoms with E-state index in [1.807, 2.05) is 0 Å². The van der Waals surface area contributed by atoms with E-state index in [0.717, 1.165) is 31.6 Å². The van der Waals surface area contributed by atoms with E-state index in [0.29, 0.717) is 48.8 Å². The minimum Gasteiger partial charge on any atom is -0.444 e. The molecule has 240 valence electrons. The number of halogens is 1. The molecule has 0 atom stereocenters. The van der Waals surface area contributed by atoms with Gasteiger partial charge < -0.3 is 25.0 Å². The van der Waals surface area contributed by atoms with Gasteiger partial charge in [-0.05, 0) is 63.1 Å². The van der Waals surface area contributed by atoms with Gasteiger partial charge in [0.25, 0.3) is 5.91 Å². The first-order valence-electron chi connectivity index (χ1n) is 15.1. The van der Waals surface area contributed by atoms with Gasteiger partial charge in [0.05, 0.1) is 24.6 Å². The number of carbonyl (C=O) groups excluding carboxylic acids is 3. The van der Waals surface area contributed by atoms with Gasteiger partial charge >= 0.3 is 12.1 Å². The predicted octanol–water partition coefficient (Wildman–Crippen LogP) is 5.86. The summed E-state index contributed by atoms with van der Waals surface area (Å²) in [5, 5.41) is 8.37. The summed E-state index contributed by atoms with van der Waals surface area (Å²) in [6.07, 6.45) is 0.144. The van der Waals surface area contributed by atoms with E-state index in [1.54, 1.807) is 92.4 Å². The highest BCUT2D eigenvalue weighted by molar-refractivity contribution is 6.06. The number of anilines is 2. The van der Waals surface area contributed by atoms with Gasteiger partial charge in [-0.15, -0.1) is 0 Å². The summed E-state index contributed by atoms with van der Waals surface area (Å²) in [6, 6.07) is 19.9. The molecule has 3 N–H and O–H groups in total. The average molecular weight is 620 g/mol. The molecule has 1 heterocycles. The smallest absolute Gasteiger partial charge is 0.412 e. The van der Waals surface area contributed by atoms with E-state index in [4.69, 9.17) is 9.47 Å². The monoisotopic (exact) mass is 619 g/mol. The molecular weight excluding hydrogens is 577 g/mol. The van der Waals surface area contributed by atoms with Crippen LogP contribution >= 0.6 is 0 Å². The van der Waals surface area contributed by atoms with E-state index in [-0.39, 0.29) is 24.3 Å². The molecule has 0 radical (unpaired) electrons. The molecule has 3 aromatic carbocycles. The van der Waals surface area contributed by atoms with E-state index in [1.165, 1.54) is 6.07 Å². The van der Waals surface area contributed by atoms with Crippen molar-refractivity contribution >= 4 is 29.4 Å². The van der Waals surface area contributed by atoms with Crippen molar-refractivity contribution in [1.82, 2.24) is 15.1 Å². The van der Waals surface area contributed by atoms with Crippen molar-refractivity contribution in [2.45, 2.75) is 45.9 Å². The first-order valence-corrected chi connectivity index (χ1v) is 15.1. The summed E-state index contributed by atoms with van der Waals surface area (Å²) in [6.45, 7) is 10.2. The fourth-order valence-corrected chi connectivity index (χ4v) is 4.78. The number of hydrogen-bond acceptors (Lipinski definition) is 6. The normalized spacial score (nSPS) is 13.5. The summed E-state index contributed by atoms with van der Waals surface area (Å²) < 4.78 is 24.9.